The Morgan fingerprint density at radius 3 is 2.76 bits per heavy atom. The number of hydrogen-bond donors (Lipinski definition) is 5. The second kappa shape index (κ2) is 5.86. The number of nitrogens with two attached hydrogens (primary N) is 2. The topological polar surface area (TPSA) is 169 Å². The van der Waals surface area contributed by atoms with Crippen LogP contribution in [0.25, 0.3) is 0 Å². The molecule has 0 radical (unpaired) electrons. The molecule has 2 aromatic rings. The molecule has 1 aliphatic rings. The van der Waals surface area contributed by atoms with Crippen molar-refractivity contribution in [1.29, 1.82) is 10.5 Å². The van der Waals surface area contributed by atoms with Gasteiger partial charge in [0.15, 0.2) is 17.8 Å². The van der Waals surface area contributed by atoms with E-state index >= 15 is 0 Å². The molecule has 1 unspecified atom stereocenters. The van der Waals surface area contributed by atoms with Gasteiger partial charge in [-0.05, 0) is 6.07 Å². The van der Waals surface area contributed by atoms with Crippen molar-refractivity contribution < 1.29 is 9.50 Å². The number of guanidine groups is 1. The van der Waals surface area contributed by atoms with Crippen molar-refractivity contribution in [2.45, 2.75) is 6.04 Å². The number of anilines is 3. The minimum Gasteiger partial charge on any atom is -0.505 e. The Kier molecular flexibility index (Phi) is 3.71. The van der Waals surface area contributed by atoms with Crippen molar-refractivity contribution in [1.82, 2.24) is 10.3 Å². The van der Waals surface area contributed by atoms with Gasteiger partial charge in [0.05, 0.1) is 5.69 Å². The number of pyridine rings is 1. The van der Waals surface area contributed by atoms with E-state index in [1.165, 1.54) is 12.1 Å². The van der Waals surface area contributed by atoms with Crippen LogP contribution in [0.15, 0.2) is 23.2 Å². The number of nitrogens with zero attached hydrogens (tertiary/aromatic N) is 4. The lowest BCUT2D eigenvalue weighted by atomic mass is 9.94. The van der Waals surface area contributed by atoms with E-state index in [-0.39, 0.29) is 40.0 Å². The van der Waals surface area contributed by atoms with Gasteiger partial charge in [-0.15, -0.1) is 0 Å². The predicted octanol–water partition coefficient (Wildman–Crippen LogP) is 0.904. The highest BCUT2D eigenvalue weighted by Crippen LogP contribution is 2.43. The number of rotatable bonds is 1. The van der Waals surface area contributed by atoms with Crippen LogP contribution in [0.1, 0.15) is 22.7 Å². The third kappa shape index (κ3) is 2.48. The van der Waals surface area contributed by atoms with Gasteiger partial charge in [-0.25, -0.2) is 14.4 Å². The van der Waals surface area contributed by atoms with Crippen LogP contribution in [0, 0.1) is 28.6 Å². The molecule has 1 atom stereocenters. The molecule has 1 aliphatic heterocycles. The van der Waals surface area contributed by atoms with Gasteiger partial charge in [-0.1, -0.05) is 12.1 Å². The van der Waals surface area contributed by atoms with E-state index < -0.39 is 17.6 Å². The second-order valence-corrected chi connectivity index (χ2v) is 5.08. The zero-order valence-corrected chi connectivity index (χ0v) is 12.6. The average molecular weight is 338 g/mol. The Hall–Kier alpha value is -4.05. The first-order chi connectivity index (χ1) is 12.0. The lowest BCUT2D eigenvalue weighted by Crippen LogP contribution is -2.32. The molecule has 0 aliphatic carbocycles. The number of nitrogens with one attached hydrogen (secondary N) is 2. The Labute approximate surface area is 141 Å². The van der Waals surface area contributed by atoms with Crippen molar-refractivity contribution >= 4 is 23.3 Å². The molecule has 10 heteroatoms. The largest absolute Gasteiger partial charge is 0.505 e. The molecule has 25 heavy (non-hydrogen) atoms. The Morgan fingerprint density at radius 1 is 1.32 bits per heavy atom. The van der Waals surface area contributed by atoms with Crippen LogP contribution in [-0.4, -0.2) is 16.1 Å². The summed E-state index contributed by atoms with van der Waals surface area (Å²) in [6, 6.07) is 4.79. The van der Waals surface area contributed by atoms with Gasteiger partial charge in [0, 0.05) is 11.1 Å². The molecule has 0 fully saturated rings. The quantitative estimate of drug-likeness (QED) is 0.377. The van der Waals surface area contributed by atoms with Crippen molar-refractivity contribution in [3.8, 4) is 18.0 Å². The highest BCUT2D eigenvalue weighted by molar-refractivity contribution is 5.98. The molecular weight excluding hydrogens is 327 g/mol. The molecule has 0 amide bonds. The van der Waals surface area contributed by atoms with E-state index in [9.17, 15) is 14.8 Å². The number of nitriles is 2. The second-order valence-electron chi connectivity index (χ2n) is 5.08. The number of hydrogen-bond acceptors (Lipinski definition) is 9. The van der Waals surface area contributed by atoms with Crippen molar-refractivity contribution in [2.24, 2.45) is 4.99 Å². The molecule has 9 nitrogen and oxygen atoms in total. The van der Waals surface area contributed by atoms with E-state index in [1.54, 1.807) is 6.19 Å². The van der Waals surface area contributed by atoms with Crippen LogP contribution in [0.2, 0.25) is 0 Å². The van der Waals surface area contributed by atoms with E-state index in [1.807, 2.05) is 6.07 Å². The minimum absolute atomic E-state index is 0.00548. The van der Waals surface area contributed by atoms with Gasteiger partial charge in [0.2, 0.25) is 5.96 Å². The standard InChI is InChI=1S/C15H11FN8O/c16-8-3-1-2-6(12(8)25)11-9-10(19)7(4-17)13(20)23-14(9)24-15(22-11)21-5-18/h1-3,11,25H,(H6,19,20,21,22,23,24). The Balaban J connectivity index is 2.30. The summed E-state index contributed by atoms with van der Waals surface area (Å²) in [6.45, 7) is 0. The summed E-state index contributed by atoms with van der Waals surface area (Å²) >= 11 is 0. The van der Waals surface area contributed by atoms with E-state index in [0.29, 0.717) is 0 Å². The number of phenols is 1. The monoisotopic (exact) mass is 338 g/mol. The number of halogens is 1. The smallest absolute Gasteiger partial charge is 0.211 e. The molecule has 124 valence electrons. The third-order valence-corrected chi connectivity index (χ3v) is 3.67. The zero-order valence-electron chi connectivity index (χ0n) is 12.6. The number of aromatic nitrogens is 1. The van der Waals surface area contributed by atoms with Crippen molar-refractivity contribution in [2.75, 3.05) is 16.8 Å². The molecule has 7 N–H and O–H groups in total. The van der Waals surface area contributed by atoms with E-state index in [0.717, 1.165) is 6.07 Å². The summed E-state index contributed by atoms with van der Waals surface area (Å²) in [6.07, 6.45) is 1.70. The van der Waals surface area contributed by atoms with Crippen molar-refractivity contribution in [3.05, 3.63) is 40.7 Å². The number of aliphatic imine (C=N–C) groups is 1. The molecule has 1 aromatic heterocycles. The minimum atomic E-state index is -0.997. The van der Waals surface area contributed by atoms with E-state index in [4.69, 9.17) is 16.7 Å². The molecule has 0 bridgehead atoms. The maximum absolute atomic E-state index is 13.8. The fraction of sp³-hybridized carbons (Fsp3) is 0.0667. The summed E-state index contributed by atoms with van der Waals surface area (Å²) in [5.41, 5.74) is 12.1. The van der Waals surface area contributed by atoms with E-state index in [2.05, 4.69) is 20.6 Å². The SMILES string of the molecule is N#CNC1=NC(c2cccc(F)c2O)c2c(nc(N)c(C#N)c2N)N1. The highest BCUT2D eigenvalue weighted by Gasteiger charge is 2.31. The molecular formula is C15H11FN8O. The maximum atomic E-state index is 13.8. The Bertz CT molecular complexity index is 988. The first kappa shape index (κ1) is 15.8. The summed E-state index contributed by atoms with van der Waals surface area (Å²) in [4.78, 5) is 8.29. The predicted molar refractivity (Wildman–Crippen MR) is 87.5 cm³/mol. The van der Waals surface area contributed by atoms with Crippen LogP contribution in [-0.2, 0) is 0 Å². The molecule has 0 spiro atoms. The lowest BCUT2D eigenvalue weighted by Gasteiger charge is -2.26. The third-order valence-electron chi connectivity index (χ3n) is 3.67. The lowest BCUT2D eigenvalue weighted by molar-refractivity contribution is 0.423. The van der Waals surface area contributed by atoms with Crippen LogP contribution >= 0.6 is 0 Å². The molecule has 2 heterocycles. The first-order valence-electron chi connectivity index (χ1n) is 6.94. The summed E-state index contributed by atoms with van der Waals surface area (Å²) in [5, 5.41) is 33.1. The average Bonchev–Trinajstić information content (AvgIpc) is 2.57. The van der Waals surface area contributed by atoms with Gasteiger partial charge in [-0.2, -0.15) is 10.5 Å². The summed E-state index contributed by atoms with van der Waals surface area (Å²) < 4.78 is 13.8. The normalized spacial score (nSPS) is 15.2. The van der Waals surface area contributed by atoms with Crippen LogP contribution in [0.4, 0.5) is 21.7 Å². The van der Waals surface area contributed by atoms with Gasteiger partial charge < -0.3 is 21.9 Å². The number of benzene rings is 1. The number of aromatic hydroxyl groups is 1. The molecule has 0 saturated carbocycles. The zero-order chi connectivity index (χ0) is 18.1. The Morgan fingerprint density at radius 2 is 2.08 bits per heavy atom. The number of fused-ring (bicyclic) bond motifs is 1. The summed E-state index contributed by atoms with van der Waals surface area (Å²) in [7, 11) is 0. The number of phenolic OH excluding ortho intramolecular Hbond substituents is 1. The first-order valence-corrected chi connectivity index (χ1v) is 6.94. The molecule has 1 aromatic carbocycles. The highest BCUT2D eigenvalue weighted by atomic mass is 19.1. The van der Waals surface area contributed by atoms with Gasteiger partial charge in [0.25, 0.3) is 0 Å². The fourth-order valence-corrected chi connectivity index (χ4v) is 2.56. The van der Waals surface area contributed by atoms with Gasteiger partial charge in [-0.3, -0.25) is 5.32 Å². The summed E-state index contributed by atoms with van der Waals surface area (Å²) in [5.74, 6) is -1.40. The van der Waals surface area contributed by atoms with Crippen LogP contribution in [0.5, 0.6) is 5.75 Å². The van der Waals surface area contributed by atoms with Gasteiger partial charge in [0.1, 0.15) is 29.3 Å². The van der Waals surface area contributed by atoms with Crippen LogP contribution in [0.3, 0.4) is 0 Å². The molecule has 0 saturated heterocycles. The van der Waals surface area contributed by atoms with Crippen molar-refractivity contribution in [3.63, 3.8) is 0 Å². The number of para-hydroxylation sites is 1. The van der Waals surface area contributed by atoms with Gasteiger partial charge >= 0.3 is 0 Å². The number of nitrogen functional groups attached to an aromatic ring is 2. The fourth-order valence-electron chi connectivity index (χ4n) is 2.56. The van der Waals surface area contributed by atoms with Crippen LogP contribution < -0.4 is 22.1 Å². The molecule has 3 rings (SSSR count). The maximum Gasteiger partial charge on any atom is 0.211 e.